The molecule has 2 aromatic carbocycles. The zero-order valence-electron chi connectivity index (χ0n) is 22.1. The molecule has 0 radical (unpaired) electrons. The van der Waals surface area contributed by atoms with Gasteiger partial charge in [-0.2, -0.15) is 12.6 Å². The fourth-order valence-corrected chi connectivity index (χ4v) is 4.01. The standard InChI is InChI=1S/C28H39N3O4S/c1-7-17-31(26(33)23(18-36)30-27(34)35-28(4,5)6)24(21-15-13-20(8-2)14-16-21)25(32)29-22-12-10-9-11-19(22)3/h9-16,23-24,36H,7-8,17-18H2,1-6H3,(H,29,32)(H,30,34). The molecule has 0 saturated carbocycles. The minimum Gasteiger partial charge on any atom is -0.444 e. The van der Waals surface area contributed by atoms with E-state index in [-0.39, 0.29) is 11.7 Å². The van der Waals surface area contributed by atoms with Crippen molar-refractivity contribution in [3.8, 4) is 0 Å². The number of nitrogens with one attached hydrogen (secondary N) is 2. The summed E-state index contributed by atoms with van der Waals surface area (Å²) < 4.78 is 5.34. The van der Waals surface area contributed by atoms with E-state index < -0.39 is 29.7 Å². The Morgan fingerprint density at radius 3 is 2.19 bits per heavy atom. The Kier molecular flexibility index (Phi) is 10.8. The van der Waals surface area contributed by atoms with Crippen molar-refractivity contribution in [1.29, 1.82) is 0 Å². The molecule has 0 aromatic heterocycles. The Bertz CT molecular complexity index is 1030. The molecule has 0 spiro atoms. The Balaban J connectivity index is 2.45. The monoisotopic (exact) mass is 513 g/mol. The lowest BCUT2D eigenvalue weighted by atomic mass is 10.00. The summed E-state index contributed by atoms with van der Waals surface area (Å²) >= 11 is 4.31. The normalized spacial score (nSPS) is 12.9. The van der Waals surface area contributed by atoms with Crippen LogP contribution in [-0.2, 0) is 20.7 Å². The van der Waals surface area contributed by atoms with E-state index in [9.17, 15) is 14.4 Å². The smallest absolute Gasteiger partial charge is 0.408 e. The molecule has 0 aliphatic heterocycles. The highest BCUT2D eigenvalue weighted by Crippen LogP contribution is 2.26. The van der Waals surface area contributed by atoms with E-state index in [1.165, 1.54) is 4.90 Å². The van der Waals surface area contributed by atoms with Crippen LogP contribution >= 0.6 is 12.6 Å². The molecule has 0 heterocycles. The number of ether oxygens (including phenoxy) is 1. The van der Waals surface area contributed by atoms with Crippen LogP contribution in [0.5, 0.6) is 0 Å². The van der Waals surface area contributed by atoms with E-state index in [0.717, 1.165) is 17.5 Å². The molecule has 2 aromatic rings. The van der Waals surface area contributed by atoms with Gasteiger partial charge in [0, 0.05) is 18.0 Å². The number of amides is 3. The molecule has 2 rings (SSSR count). The summed E-state index contributed by atoms with van der Waals surface area (Å²) in [6.07, 6.45) is 0.776. The van der Waals surface area contributed by atoms with Crippen molar-refractivity contribution in [1.82, 2.24) is 10.2 Å². The van der Waals surface area contributed by atoms with Gasteiger partial charge in [-0.25, -0.2) is 4.79 Å². The topological polar surface area (TPSA) is 87.7 Å². The van der Waals surface area contributed by atoms with Crippen LogP contribution in [0.4, 0.5) is 10.5 Å². The highest BCUT2D eigenvalue weighted by Gasteiger charge is 2.35. The maximum absolute atomic E-state index is 13.8. The Morgan fingerprint density at radius 1 is 1.03 bits per heavy atom. The molecule has 0 saturated heterocycles. The van der Waals surface area contributed by atoms with Gasteiger partial charge in [-0.05, 0) is 63.3 Å². The van der Waals surface area contributed by atoms with Gasteiger partial charge in [0.25, 0.3) is 5.91 Å². The first kappa shape index (κ1) is 29.2. The number of hydrogen-bond acceptors (Lipinski definition) is 5. The molecule has 2 unspecified atom stereocenters. The lowest BCUT2D eigenvalue weighted by molar-refractivity contribution is -0.140. The zero-order chi connectivity index (χ0) is 26.9. The summed E-state index contributed by atoms with van der Waals surface area (Å²) in [5.41, 5.74) is 2.70. The van der Waals surface area contributed by atoms with Crippen LogP contribution in [0.3, 0.4) is 0 Å². The number of hydrogen-bond donors (Lipinski definition) is 3. The van der Waals surface area contributed by atoms with Crippen molar-refractivity contribution in [3.63, 3.8) is 0 Å². The van der Waals surface area contributed by atoms with Gasteiger partial charge >= 0.3 is 6.09 Å². The quantitative estimate of drug-likeness (QED) is 0.376. The third-order valence-corrected chi connectivity index (χ3v) is 5.95. The number of aryl methyl sites for hydroxylation is 2. The van der Waals surface area contributed by atoms with Crippen molar-refractivity contribution in [2.45, 2.75) is 72.1 Å². The predicted molar refractivity (Wildman–Crippen MR) is 147 cm³/mol. The van der Waals surface area contributed by atoms with Crippen LogP contribution in [0.15, 0.2) is 48.5 Å². The fraction of sp³-hybridized carbons (Fsp3) is 0.464. The van der Waals surface area contributed by atoms with Gasteiger partial charge in [0.15, 0.2) is 0 Å². The van der Waals surface area contributed by atoms with Gasteiger partial charge in [-0.15, -0.1) is 0 Å². The summed E-state index contributed by atoms with van der Waals surface area (Å²) in [5, 5.41) is 5.62. The lowest BCUT2D eigenvalue weighted by Gasteiger charge is -2.34. The molecule has 0 fully saturated rings. The molecule has 0 aliphatic carbocycles. The molecule has 3 amide bonds. The number of thiol groups is 1. The van der Waals surface area contributed by atoms with E-state index >= 15 is 0 Å². The summed E-state index contributed by atoms with van der Waals surface area (Å²) in [6.45, 7) is 11.5. The third-order valence-electron chi connectivity index (χ3n) is 5.59. The summed E-state index contributed by atoms with van der Waals surface area (Å²) in [4.78, 5) is 41.4. The molecule has 7 nitrogen and oxygen atoms in total. The lowest BCUT2D eigenvalue weighted by Crippen LogP contribution is -2.53. The summed E-state index contributed by atoms with van der Waals surface area (Å²) in [5.74, 6) is -0.674. The van der Waals surface area contributed by atoms with Gasteiger partial charge in [0.2, 0.25) is 5.91 Å². The number of nitrogens with zero attached hydrogens (tertiary/aromatic N) is 1. The van der Waals surface area contributed by atoms with Crippen LogP contribution in [0.2, 0.25) is 0 Å². The van der Waals surface area contributed by atoms with E-state index in [1.54, 1.807) is 20.8 Å². The molecule has 0 aliphatic rings. The second kappa shape index (κ2) is 13.3. The van der Waals surface area contributed by atoms with Crippen LogP contribution in [0, 0.1) is 6.92 Å². The number of para-hydroxylation sites is 1. The summed E-state index contributed by atoms with van der Waals surface area (Å²) in [7, 11) is 0. The summed E-state index contributed by atoms with van der Waals surface area (Å²) in [6, 6.07) is 13.3. The first-order chi connectivity index (χ1) is 17.0. The Hall–Kier alpha value is -3.00. The first-order valence-electron chi connectivity index (χ1n) is 12.4. The van der Waals surface area contributed by atoms with E-state index in [2.05, 4.69) is 30.2 Å². The van der Waals surface area contributed by atoms with Crippen molar-refractivity contribution < 1.29 is 19.1 Å². The van der Waals surface area contributed by atoms with Crippen molar-refractivity contribution in [2.24, 2.45) is 0 Å². The Morgan fingerprint density at radius 2 is 1.67 bits per heavy atom. The number of benzene rings is 2. The highest BCUT2D eigenvalue weighted by atomic mass is 32.1. The number of carbonyl (C=O) groups excluding carboxylic acids is 3. The van der Waals surface area contributed by atoms with Gasteiger partial charge in [-0.3, -0.25) is 9.59 Å². The van der Waals surface area contributed by atoms with Gasteiger partial charge in [-0.1, -0.05) is 56.3 Å². The maximum Gasteiger partial charge on any atom is 0.408 e. The van der Waals surface area contributed by atoms with E-state index in [1.807, 2.05) is 62.4 Å². The minimum absolute atomic E-state index is 0.0548. The number of rotatable bonds is 10. The average molecular weight is 514 g/mol. The fourth-order valence-electron chi connectivity index (χ4n) is 3.77. The van der Waals surface area contributed by atoms with E-state index in [0.29, 0.717) is 24.2 Å². The average Bonchev–Trinajstić information content (AvgIpc) is 2.82. The largest absolute Gasteiger partial charge is 0.444 e. The van der Waals surface area contributed by atoms with Gasteiger partial charge in [0.1, 0.15) is 17.7 Å². The van der Waals surface area contributed by atoms with Crippen LogP contribution in [0.1, 0.15) is 63.8 Å². The van der Waals surface area contributed by atoms with Crippen LogP contribution < -0.4 is 10.6 Å². The van der Waals surface area contributed by atoms with Gasteiger partial charge in [0.05, 0.1) is 0 Å². The SMILES string of the molecule is CCCN(C(=O)C(CS)NC(=O)OC(C)(C)C)C(C(=O)Nc1ccccc1C)c1ccc(CC)cc1. The number of carbonyl (C=O) groups is 3. The maximum atomic E-state index is 13.8. The number of alkyl carbamates (subject to hydrolysis) is 1. The molecule has 36 heavy (non-hydrogen) atoms. The van der Waals surface area contributed by atoms with Crippen LogP contribution in [0.25, 0.3) is 0 Å². The van der Waals surface area contributed by atoms with Crippen molar-refractivity contribution in [2.75, 3.05) is 17.6 Å². The second-order valence-corrected chi connectivity index (χ2v) is 10.1. The molecular formula is C28H39N3O4S. The molecule has 8 heteroatoms. The third kappa shape index (κ3) is 8.29. The minimum atomic E-state index is -0.960. The molecular weight excluding hydrogens is 474 g/mol. The molecule has 2 atom stereocenters. The van der Waals surface area contributed by atoms with Crippen LogP contribution in [-0.4, -0.2) is 46.7 Å². The first-order valence-corrected chi connectivity index (χ1v) is 13.0. The molecule has 196 valence electrons. The second-order valence-electron chi connectivity index (χ2n) is 9.71. The highest BCUT2D eigenvalue weighted by molar-refractivity contribution is 7.80. The number of anilines is 1. The van der Waals surface area contributed by atoms with Crippen molar-refractivity contribution >= 4 is 36.2 Å². The van der Waals surface area contributed by atoms with Crippen molar-refractivity contribution in [3.05, 3.63) is 65.2 Å². The Labute approximate surface area is 220 Å². The predicted octanol–water partition coefficient (Wildman–Crippen LogP) is 5.30. The molecule has 0 bridgehead atoms. The zero-order valence-corrected chi connectivity index (χ0v) is 23.0. The molecule has 2 N–H and O–H groups in total. The van der Waals surface area contributed by atoms with Gasteiger partial charge < -0.3 is 20.3 Å². The van der Waals surface area contributed by atoms with E-state index in [4.69, 9.17) is 4.74 Å².